The lowest BCUT2D eigenvalue weighted by Crippen LogP contribution is -2.45. The number of pyridine rings is 1. The van der Waals surface area contributed by atoms with Gasteiger partial charge in [0.2, 0.25) is 0 Å². The molecule has 8 nitrogen and oxygen atoms in total. The van der Waals surface area contributed by atoms with Gasteiger partial charge in [-0.1, -0.05) is 29.7 Å². The average molecular weight is 524 g/mol. The van der Waals surface area contributed by atoms with Crippen LogP contribution in [0.5, 0.6) is 0 Å². The predicted molar refractivity (Wildman–Crippen MR) is 126 cm³/mol. The van der Waals surface area contributed by atoms with Crippen molar-refractivity contribution in [3.63, 3.8) is 0 Å². The number of nitrogens with one attached hydrogen (secondary N) is 1. The molecule has 0 atom stereocenters. The number of likely N-dealkylation sites (tertiary alicyclic amines) is 1. The second-order valence-electron chi connectivity index (χ2n) is 8.70. The molecule has 0 radical (unpaired) electrons. The molecular formula is C24H25ClF3N5O3. The number of aromatic nitrogens is 3. The summed E-state index contributed by atoms with van der Waals surface area (Å²) in [5, 5.41) is 15.4. The average Bonchev–Trinajstić information content (AvgIpc) is 3.33. The van der Waals surface area contributed by atoms with Crippen LogP contribution in [0.1, 0.15) is 48.8 Å². The Morgan fingerprint density at radius 1 is 1.31 bits per heavy atom. The van der Waals surface area contributed by atoms with E-state index in [1.807, 2.05) is 0 Å². The molecular weight excluding hydrogens is 499 g/mol. The summed E-state index contributed by atoms with van der Waals surface area (Å²) < 4.78 is 48.9. The van der Waals surface area contributed by atoms with Crippen molar-refractivity contribution in [3.05, 3.63) is 58.1 Å². The van der Waals surface area contributed by atoms with Crippen LogP contribution in [-0.2, 0) is 18.2 Å². The minimum Gasteiger partial charge on any atom is -0.388 e. The van der Waals surface area contributed by atoms with Crippen molar-refractivity contribution < 1.29 is 27.6 Å². The number of hydrogen-bond acceptors (Lipinski definition) is 6. The summed E-state index contributed by atoms with van der Waals surface area (Å²) in [5.74, 6) is -2.74. The molecule has 1 aliphatic rings. The number of halogens is 4. The molecule has 3 heterocycles. The van der Waals surface area contributed by atoms with E-state index in [0.717, 1.165) is 0 Å². The minimum absolute atomic E-state index is 0.0254. The Bertz CT molecular complexity index is 1260. The first-order valence-corrected chi connectivity index (χ1v) is 11.8. The summed E-state index contributed by atoms with van der Waals surface area (Å²) in [5.41, 5.74) is -0.727. The quantitative estimate of drug-likeness (QED) is 0.437. The number of hydrogen-bond donors (Lipinski definition) is 2. The van der Waals surface area contributed by atoms with E-state index in [1.165, 1.54) is 42.3 Å². The van der Waals surface area contributed by atoms with Gasteiger partial charge in [-0.15, -0.1) is 0 Å². The summed E-state index contributed by atoms with van der Waals surface area (Å²) in [4.78, 5) is 22.3. The first-order chi connectivity index (χ1) is 17.1. The molecule has 1 fully saturated rings. The maximum Gasteiger partial charge on any atom is 0.321 e. The number of aryl methyl sites for hydroxylation is 1. The van der Waals surface area contributed by atoms with Crippen LogP contribution in [-0.4, -0.2) is 44.3 Å². The van der Waals surface area contributed by atoms with Crippen LogP contribution in [0.15, 0.2) is 35.0 Å². The van der Waals surface area contributed by atoms with Crippen molar-refractivity contribution in [3.8, 4) is 11.5 Å². The van der Waals surface area contributed by atoms with E-state index >= 15 is 4.39 Å². The van der Waals surface area contributed by atoms with Crippen LogP contribution in [0.3, 0.4) is 0 Å². The third kappa shape index (κ3) is 5.17. The van der Waals surface area contributed by atoms with Crippen molar-refractivity contribution in [2.75, 3.05) is 18.4 Å². The number of aliphatic hydroxyl groups is 1. The van der Waals surface area contributed by atoms with Crippen LogP contribution in [0, 0.1) is 6.92 Å². The maximum atomic E-state index is 15.8. The highest BCUT2D eigenvalue weighted by molar-refractivity contribution is 6.31. The molecule has 2 aromatic heterocycles. The highest BCUT2D eigenvalue weighted by atomic mass is 35.5. The number of carbonyl (C=O) groups excluding carboxylic acids is 1. The molecule has 36 heavy (non-hydrogen) atoms. The number of rotatable bonds is 6. The molecule has 0 spiro atoms. The Morgan fingerprint density at radius 3 is 2.61 bits per heavy atom. The Labute approximate surface area is 210 Å². The SMILES string of the molecule is CCC(F)(F)c1ccc(NC(=O)N2CCC(F)(c3ncc(-c4nc(CO)no4)cc3Cl)CC2)cc1C. The van der Waals surface area contributed by atoms with E-state index in [1.54, 1.807) is 6.92 Å². The van der Waals surface area contributed by atoms with Gasteiger partial charge < -0.3 is 19.8 Å². The molecule has 4 rings (SSSR count). The number of anilines is 1. The molecule has 0 unspecified atom stereocenters. The minimum atomic E-state index is -2.94. The van der Waals surface area contributed by atoms with E-state index in [0.29, 0.717) is 16.8 Å². The third-order valence-electron chi connectivity index (χ3n) is 6.28. The highest BCUT2D eigenvalue weighted by Crippen LogP contribution is 2.40. The molecule has 1 aliphatic heterocycles. The predicted octanol–water partition coefficient (Wildman–Crippen LogP) is 5.58. The Hall–Kier alpha value is -3.18. The van der Waals surface area contributed by atoms with Gasteiger partial charge in [0.1, 0.15) is 6.61 Å². The number of aliphatic hydroxyl groups excluding tert-OH is 1. The van der Waals surface area contributed by atoms with Gasteiger partial charge in [-0.05, 0) is 30.7 Å². The lowest BCUT2D eigenvalue weighted by Gasteiger charge is -2.36. The van der Waals surface area contributed by atoms with E-state index in [2.05, 4.69) is 20.4 Å². The van der Waals surface area contributed by atoms with E-state index in [-0.39, 0.29) is 67.0 Å². The topological polar surface area (TPSA) is 104 Å². The number of piperidine rings is 1. The van der Waals surface area contributed by atoms with Gasteiger partial charge in [0.25, 0.3) is 11.8 Å². The van der Waals surface area contributed by atoms with Gasteiger partial charge in [-0.3, -0.25) is 4.98 Å². The summed E-state index contributed by atoms with van der Waals surface area (Å²) in [6, 6.07) is 5.27. The van der Waals surface area contributed by atoms with Crippen LogP contribution >= 0.6 is 11.6 Å². The molecule has 3 aromatic rings. The summed E-state index contributed by atoms with van der Waals surface area (Å²) in [7, 11) is 0. The summed E-state index contributed by atoms with van der Waals surface area (Å²) >= 11 is 6.33. The fraction of sp³-hybridized carbons (Fsp3) is 0.417. The normalized spacial score (nSPS) is 15.7. The van der Waals surface area contributed by atoms with Crippen molar-refractivity contribution in [1.82, 2.24) is 20.0 Å². The molecule has 192 valence electrons. The van der Waals surface area contributed by atoms with Crippen molar-refractivity contribution in [2.24, 2.45) is 0 Å². The largest absolute Gasteiger partial charge is 0.388 e. The second-order valence-corrected chi connectivity index (χ2v) is 9.11. The number of benzene rings is 1. The number of alkyl halides is 3. The molecule has 1 aromatic carbocycles. The highest BCUT2D eigenvalue weighted by Gasteiger charge is 2.40. The van der Waals surface area contributed by atoms with Crippen molar-refractivity contribution in [2.45, 2.75) is 51.3 Å². The van der Waals surface area contributed by atoms with Gasteiger partial charge in [-0.2, -0.15) is 4.98 Å². The Kier molecular flexibility index (Phi) is 7.24. The third-order valence-corrected chi connectivity index (χ3v) is 6.57. The van der Waals surface area contributed by atoms with Crippen molar-refractivity contribution in [1.29, 1.82) is 0 Å². The van der Waals surface area contributed by atoms with Crippen LogP contribution < -0.4 is 5.32 Å². The first kappa shape index (κ1) is 25.9. The molecule has 12 heteroatoms. The fourth-order valence-corrected chi connectivity index (χ4v) is 4.50. The standard InChI is InChI=1S/C24H25ClF3N5O3/c1-3-24(27,28)17-5-4-16(10-14(17)2)30-22(35)33-8-6-23(26,7-9-33)20-18(25)11-15(12-29-20)21-31-19(13-34)32-36-21/h4-5,10-12,34H,3,6-9,13H2,1-2H3,(H,30,35). The fourth-order valence-electron chi connectivity index (χ4n) is 4.17. The van der Waals surface area contributed by atoms with Gasteiger partial charge in [-0.25, -0.2) is 18.0 Å². The second kappa shape index (κ2) is 10.1. The van der Waals surface area contributed by atoms with E-state index in [4.69, 9.17) is 21.2 Å². The Morgan fingerprint density at radius 2 is 2.03 bits per heavy atom. The van der Waals surface area contributed by atoms with Crippen LogP contribution in [0.25, 0.3) is 11.5 Å². The van der Waals surface area contributed by atoms with Gasteiger partial charge >= 0.3 is 6.03 Å². The van der Waals surface area contributed by atoms with Gasteiger partial charge in [0.15, 0.2) is 11.5 Å². The summed E-state index contributed by atoms with van der Waals surface area (Å²) in [6.45, 7) is 2.81. The number of amides is 2. The molecule has 1 saturated heterocycles. The molecule has 0 saturated carbocycles. The van der Waals surface area contributed by atoms with E-state index < -0.39 is 17.6 Å². The lowest BCUT2D eigenvalue weighted by atomic mass is 9.89. The zero-order chi connectivity index (χ0) is 26.1. The van der Waals surface area contributed by atoms with Crippen molar-refractivity contribution >= 4 is 23.3 Å². The van der Waals surface area contributed by atoms with Gasteiger partial charge in [0, 0.05) is 49.8 Å². The molecule has 2 amide bonds. The molecule has 0 bridgehead atoms. The summed E-state index contributed by atoms with van der Waals surface area (Å²) in [6.07, 6.45) is 0.997. The zero-order valence-corrected chi connectivity index (χ0v) is 20.4. The number of carbonyl (C=O) groups is 1. The monoisotopic (exact) mass is 523 g/mol. The van der Waals surface area contributed by atoms with Crippen LogP contribution in [0.2, 0.25) is 5.02 Å². The molecule has 0 aliphatic carbocycles. The van der Waals surface area contributed by atoms with Gasteiger partial charge in [0.05, 0.1) is 16.3 Å². The number of urea groups is 1. The van der Waals surface area contributed by atoms with E-state index in [9.17, 15) is 13.6 Å². The number of nitrogens with zero attached hydrogens (tertiary/aromatic N) is 4. The van der Waals surface area contributed by atoms with Crippen LogP contribution in [0.4, 0.5) is 23.7 Å². The molecule has 2 N–H and O–H groups in total. The Balaban J connectivity index is 1.40. The first-order valence-electron chi connectivity index (χ1n) is 11.4. The smallest absolute Gasteiger partial charge is 0.321 e. The zero-order valence-electron chi connectivity index (χ0n) is 19.7. The maximum absolute atomic E-state index is 15.8. The lowest BCUT2D eigenvalue weighted by molar-refractivity contribution is -0.00887.